The lowest BCUT2D eigenvalue weighted by atomic mass is 10.1. The molecule has 1 rings (SSSR count). The molecular formula is C14H22N2O3S. The van der Waals surface area contributed by atoms with E-state index in [1.807, 2.05) is 23.8 Å². The highest BCUT2D eigenvalue weighted by Gasteiger charge is 2.22. The van der Waals surface area contributed by atoms with E-state index in [4.69, 9.17) is 4.74 Å². The summed E-state index contributed by atoms with van der Waals surface area (Å²) >= 11 is 1.52. The number of rotatable bonds is 5. The Kier molecular flexibility index (Phi) is 6.01. The van der Waals surface area contributed by atoms with Crippen LogP contribution in [0.25, 0.3) is 0 Å². The van der Waals surface area contributed by atoms with Crippen LogP contribution < -0.4 is 10.6 Å². The third kappa shape index (κ3) is 6.06. The van der Waals surface area contributed by atoms with Crippen molar-refractivity contribution in [2.75, 3.05) is 6.54 Å². The lowest BCUT2D eigenvalue weighted by molar-refractivity contribution is -0.121. The van der Waals surface area contributed by atoms with Gasteiger partial charge in [0.2, 0.25) is 5.91 Å². The number of alkyl carbamates (subject to hydrolysis) is 1. The van der Waals surface area contributed by atoms with Crippen molar-refractivity contribution < 1.29 is 14.3 Å². The van der Waals surface area contributed by atoms with E-state index in [0.29, 0.717) is 6.54 Å². The molecule has 2 N–H and O–H groups in total. The van der Waals surface area contributed by atoms with Crippen molar-refractivity contribution >= 4 is 23.3 Å². The Morgan fingerprint density at radius 1 is 1.40 bits per heavy atom. The van der Waals surface area contributed by atoms with Crippen molar-refractivity contribution in [3.63, 3.8) is 0 Å². The fourth-order valence-electron chi connectivity index (χ4n) is 1.63. The molecule has 0 radical (unpaired) electrons. The molecule has 0 aliphatic heterocycles. The van der Waals surface area contributed by atoms with E-state index in [-0.39, 0.29) is 18.4 Å². The van der Waals surface area contributed by atoms with E-state index in [2.05, 4.69) is 10.6 Å². The van der Waals surface area contributed by atoms with Gasteiger partial charge in [-0.1, -0.05) is 0 Å². The van der Waals surface area contributed by atoms with E-state index >= 15 is 0 Å². The Balaban J connectivity index is 2.69. The van der Waals surface area contributed by atoms with E-state index in [1.54, 1.807) is 20.8 Å². The van der Waals surface area contributed by atoms with Gasteiger partial charge in [-0.25, -0.2) is 4.79 Å². The molecule has 1 aromatic rings. The second-order valence-electron chi connectivity index (χ2n) is 5.41. The van der Waals surface area contributed by atoms with Gasteiger partial charge in [0.05, 0.1) is 12.5 Å². The summed E-state index contributed by atoms with van der Waals surface area (Å²) in [6.45, 7) is 7.84. The van der Waals surface area contributed by atoms with Crippen LogP contribution in [0, 0.1) is 0 Å². The molecule has 1 heterocycles. The SMILES string of the molecule is CCNC(=O)CC(NC(=O)OC(C)(C)C)c1ccsc1. The van der Waals surface area contributed by atoms with Crippen LogP contribution >= 0.6 is 11.3 Å². The van der Waals surface area contributed by atoms with Crippen LogP contribution in [-0.4, -0.2) is 24.1 Å². The number of amides is 2. The molecule has 112 valence electrons. The van der Waals surface area contributed by atoms with Crippen molar-refractivity contribution in [2.45, 2.75) is 45.8 Å². The summed E-state index contributed by atoms with van der Waals surface area (Å²) in [4.78, 5) is 23.6. The zero-order valence-electron chi connectivity index (χ0n) is 12.4. The highest BCUT2D eigenvalue weighted by molar-refractivity contribution is 7.08. The van der Waals surface area contributed by atoms with Crippen molar-refractivity contribution in [3.05, 3.63) is 22.4 Å². The molecule has 0 spiro atoms. The molecule has 5 nitrogen and oxygen atoms in total. The van der Waals surface area contributed by atoms with Gasteiger partial charge in [-0.05, 0) is 50.1 Å². The highest BCUT2D eigenvalue weighted by Crippen LogP contribution is 2.20. The van der Waals surface area contributed by atoms with Crippen molar-refractivity contribution in [1.82, 2.24) is 10.6 Å². The van der Waals surface area contributed by atoms with Gasteiger partial charge in [0, 0.05) is 6.54 Å². The third-order valence-corrected chi connectivity index (χ3v) is 3.10. The minimum Gasteiger partial charge on any atom is -0.444 e. The van der Waals surface area contributed by atoms with Gasteiger partial charge in [-0.3, -0.25) is 4.79 Å². The van der Waals surface area contributed by atoms with Gasteiger partial charge in [-0.15, -0.1) is 0 Å². The third-order valence-electron chi connectivity index (χ3n) is 2.40. The van der Waals surface area contributed by atoms with Crippen LogP contribution in [-0.2, 0) is 9.53 Å². The number of thiophene rings is 1. The van der Waals surface area contributed by atoms with E-state index in [9.17, 15) is 9.59 Å². The monoisotopic (exact) mass is 298 g/mol. The summed E-state index contributed by atoms with van der Waals surface area (Å²) < 4.78 is 5.23. The molecule has 1 atom stereocenters. The molecular weight excluding hydrogens is 276 g/mol. The Bertz CT molecular complexity index is 438. The maximum Gasteiger partial charge on any atom is 0.408 e. The lowest BCUT2D eigenvalue weighted by Crippen LogP contribution is -2.37. The predicted molar refractivity (Wildman–Crippen MR) is 79.7 cm³/mol. The molecule has 0 saturated carbocycles. The smallest absolute Gasteiger partial charge is 0.408 e. The van der Waals surface area contributed by atoms with E-state index in [0.717, 1.165) is 5.56 Å². The summed E-state index contributed by atoms with van der Waals surface area (Å²) in [6.07, 6.45) is -0.318. The number of nitrogens with one attached hydrogen (secondary N) is 2. The summed E-state index contributed by atoms with van der Waals surface area (Å²) in [6, 6.07) is 1.52. The molecule has 6 heteroatoms. The first-order valence-electron chi connectivity index (χ1n) is 6.60. The van der Waals surface area contributed by atoms with Crippen LogP contribution in [0.1, 0.15) is 45.7 Å². The molecule has 0 aliphatic carbocycles. The van der Waals surface area contributed by atoms with Crippen LogP contribution in [0.5, 0.6) is 0 Å². The Hall–Kier alpha value is -1.56. The van der Waals surface area contributed by atoms with Gasteiger partial charge in [0.1, 0.15) is 5.60 Å². The molecule has 0 bridgehead atoms. The van der Waals surface area contributed by atoms with E-state index in [1.165, 1.54) is 11.3 Å². The zero-order valence-corrected chi connectivity index (χ0v) is 13.2. The average Bonchev–Trinajstić information content (AvgIpc) is 2.78. The Labute approximate surface area is 123 Å². The molecule has 0 fully saturated rings. The first-order chi connectivity index (χ1) is 9.31. The number of carbonyl (C=O) groups excluding carboxylic acids is 2. The Morgan fingerprint density at radius 2 is 2.10 bits per heavy atom. The molecule has 1 unspecified atom stereocenters. The second kappa shape index (κ2) is 7.28. The minimum absolute atomic E-state index is 0.0974. The van der Waals surface area contributed by atoms with Gasteiger partial charge >= 0.3 is 6.09 Å². The summed E-state index contributed by atoms with van der Waals surface area (Å²) in [5.41, 5.74) is 0.349. The van der Waals surface area contributed by atoms with Crippen molar-refractivity contribution in [3.8, 4) is 0 Å². The highest BCUT2D eigenvalue weighted by atomic mass is 32.1. The van der Waals surface area contributed by atoms with Gasteiger partial charge in [0.15, 0.2) is 0 Å². The fraction of sp³-hybridized carbons (Fsp3) is 0.571. The number of hydrogen-bond donors (Lipinski definition) is 2. The van der Waals surface area contributed by atoms with Crippen LogP contribution in [0.2, 0.25) is 0 Å². The first kappa shape index (κ1) is 16.5. The lowest BCUT2D eigenvalue weighted by Gasteiger charge is -2.23. The molecule has 0 aliphatic rings. The fourth-order valence-corrected chi connectivity index (χ4v) is 2.34. The topological polar surface area (TPSA) is 67.4 Å². The average molecular weight is 298 g/mol. The van der Waals surface area contributed by atoms with Crippen LogP contribution in [0.3, 0.4) is 0 Å². The summed E-state index contributed by atoms with van der Waals surface area (Å²) in [5.74, 6) is -0.0974. The van der Waals surface area contributed by atoms with Gasteiger partial charge in [-0.2, -0.15) is 11.3 Å². The normalized spacial score (nSPS) is 12.6. The predicted octanol–water partition coefficient (Wildman–Crippen LogP) is 2.84. The van der Waals surface area contributed by atoms with Crippen LogP contribution in [0.4, 0.5) is 4.79 Å². The number of ether oxygens (including phenoxy) is 1. The maximum atomic E-state index is 11.8. The molecule has 2 amide bonds. The second-order valence-corrected chi connectivity index (χ2v) is 6.19. The van der Waals surface area contributed by atoms with Gasteiger partial charge < -0.3 is 15.4 Å². The largest absolute Gasteiger partial charge is 0.444 e. The number of hydrogen-bond acceptors (Lipinski definition) is 4. The first-order valence-corrected chi connectivity index (χ1v) is 7.54. The van der Waals surface area contributed by atoms with Crippen LogP contribution in [0.15, 0.2) is 16.8 Å². The standard InChI is InChI=1S/C14H22N2O3S/c1-5-15-12(17)8-11(10-6-7-20-9-10)16-13(18)19-14(2,3)4/h6-7,9,11H,5,8H2,1-4H3,(H,15,17)(H,16,18). The van der Waals surface area contributed by atoms with E-state index < -0.39 is 11.7 Å². The molecule has 20 heavy (non-hydrogen) atoms. The summed E-state index contributed by atoms with van der Waals surface area (Å²) in [5, 5.41) is 9.31. The molecule has 0 aromatic carbocycles. The minimum atomic E-state index is -0.561. The molecule has 0 saturated heterocycles. The zero-order chi connectivity index (χ0) is 15.2. The van der Waals surface area contributed by atoms with Crippen molar-refractivity contribution in [1.29, 1.82) is 0 Å². The van der Waals surface area contributed by atoms with Crippen molar-refractivity contribution in [2.24, 2.45) is 0 Å². The van der Waals surface area contributed by atoms with Gasteiger partial charge in [0.25, 0.3) is 0 Å². The summed E-state index contributed by atoms with van der Waals surface area (Å²) in [7, 11) is 0. The maximum absolute atomic E-state index is 11.8. The number of carbonyl (C=O) groups is 2. The quantitative estimate of drug-likeness (QED) is 0.878. The Morgan fingerprint density at radius 3 is 2.60 bits per heavy atom. The molecule has 1 aromatic heterocycles.